The van der Waals surface area contributed by atoms with Crippen LogP contribution in [0.4, 0.5) is 0 Å². The van der Waals surface area contributed by atoms with E-state index in [1.54, 1.807) is 0 Å². The van der Waals surface area contributed by atoms with Crippen molar-refractivity contribution < 1.29 is 9.53 Å². The summed E-state index contributed by atoms with van der Waals surface area (Å²) in [6.07, 6.45) is 2.19. The summed E-state index contributed by atoms with van der Waals surface area (Å²) in [5.41, 5.74) is 6.01. The molecule has 2 aromatic carbocycles. The van der Waals surface area contributed by atoms with Crippen LogP contribution < -0.4 is 0 Å². The highest BCUT2D eigenvalue weighted by Crippen LogP contribution is 2.53. The molecule has 0 N–H and O–H groups in total. The summed E-state index contributed by atoms with van der Waals surface area (Å²) in [7, 11) is 3.62. The molecule has 3 heteroatoms. The number of nitrogens with zero attached hydrogens (tertiary/aromatic N) is 1. The lowest BCUT2D eigenvalue weighted by Gasteiger charge is -2.39. The van der Waals surface area contributed by atoms with Crippen LogP contribution in [0.1, 0.15) is 34.3 Å². The van der Waals surface area contributed by atoms with E-state index in [1.807, 2.05) is 6.07 Å². The first-order chi connectivity index (χ1) is 11.2. The Morgan fingerprint density at radius 1 is 1.04 bits per heavy atom. The summed E-state index contributed by atoms with van der Waals surface area (Å²) in [5, 5.41) is 0. The van der Waals surface area contributed by atoms with E-state index in [9.17, 15) is 4.79 Å². The Balaban J connectivity index is 1.92. The number of hydrogen-bond donors (Lipinski definition) is 0. The van der Waals surface area contributed by atoms with E-state index in [0.717, 1.165) is 25.9 Å². The first-order valence-electron chi connectivity index (χ1n) is 8.17. The topological polar surface area (TPSA) is 29.5 Å². The Hall–Kier alpha value is -2.13. The molecular formula is C20H21NO2. The van der Waals surface area contributed by atoms with Crippen LogP contribution in [0.15, 0.2) is 42.5 Å². The number of methoxy groups -OCH3 is 1. The maximum atomic E-state index is 12.0. The minimum absolute atomic E-state index is 0.0441. The second-order valence-electron chi connectivity index (χ2n) is 6.68. The fourth-order valence-corrected chi connectivity index (χ4v) is 4.24. The summed E-state index contributed by atoms with van der Waals surface area (Å²) >= 11 is 0. The summed E-state index contributed by atoms with van der Waals surface area (Å²) in [6.45, 7) is 2.16. The second kappa shape index (κ2) is 5.20. The summed E-state index contributed by atoms with van der Waals surface area (Å²) < 4.78 is 4.92. The number of fused-ring (bicyclic) bond motifs is 5. The van der Waals surface area contributed by atoms with Crippen molar-refractivity contribution >= 4 is 5.97 Å². The van der Waals surface area contributed by atoms with E-state index >= 15 is 0 Å². The molecule has 0 radical (unpaired) electrons. The standard InChI is InChI=1S/C20H21NO2/c1-21-11-9-20(10-12-21)17-6-4-3-5-15(17)16-8-7-14(13-18(16)20)19(22)23-2/h3-8,13H,9-12H2,1-2H3. The van der Waals surface area contributed by atoms with Crippen molar-refractivity contribution in [3.05, 3.63) is 59.2 Å². The van der Waals surface area contributed by atoms with E-state index in [0.29, 0.717) is 5.56 Å². The van der Waals surface area contributed by atoms with E-state index in [2.05, 4.69) is 48.3 Å². The van der Waals surface area contributed by atoms with Gasteiger partial charge in [0.2, 0.25) is 0 Å². The van der Waals surface area contributed by atoms with Gasteiger partial charge in [-0.25, -0.2) is 4.79 Å². The van der Waals surface area contributed by atoms with Gasteiger partial charge in [-0.3, -0.25) is 0 Å². The highest BCUT2D eigenvalue weighted by molar-refractivity contribution is 5.92. The zero-order valence-corrected chi connectivity index (χ0v) is 13.6. The number of benzene rings is 2. The van der Waals surface area contributed by atoms with Crippen LogP contribution in [0.2, 0.25) is 0 Å². The van der Waals surface area contributed by atoms with Crippen LogP contribution in [0.5, 0.6) is 0 Å². The van der Waals surface area contributed by atoms with Gasteiger partial charge in [-0.15, -0.1) is 0 Å². The normalized spacial score (nSPS) is 18.5. The van der Waals surface area contributed by atoms with Gasteiger partial charge in [-0.2, -0.15) is 0 Å². The zero-order chi connectivity index (χ0) is 16.0. The van der Waals surface area contributed by atoms with Gasteiger partial charge < -0.3 is 9.64 Å². The first-order valence-corrected chi connectivity index (χ1v) is 8.17. The number of hydrogen-bond acceptors (Lipinski definition) is 3. The van der Waals surface area contributed by atoms with E-state index in [-0.39, 0.29) is 11.4 Å². The number of likely N-dealkylation sites (tertiary alicyclic amines) is 1. The largest absolute Gasteiger partial charge is 0.465 e. The van der Waals surface area contributed by atoms with Crippen molar-refractivity contribution in [2.45, 2.75) is 18.3 Å². The van der Waals surface area contributed by atoms with Crippen molar-refractivity contribution in [1.29, 1.82) is 0 Å². The minimum atomic E-state index is -0.258. The monoisotopic (exact) mass is 307 g/mol. The molecule has 0 atom stereocenters. The first kappa shape index (κ1) is 14.5. The fraction of sp³-hybridized carbons (Fsp3) is 0.350. The second-order valence-corrected chi connectivity index (χ2v) is 6.68. The predicted molar refractivity (Wildman–Crippen MR) is 90.7 cm³/mol. The maximum absolute atomic E-state index is 12.0. The van der Waals surface area contributed by atoms with Crippen LogP contribution >= 0.6 is 0 Å². The highest BCUT2D eigenvalue weighted by atomic mass is 16.5. The van der Waals surface area contributed by atoms with Gasteiger partial charge >= 0.3 is 5.97 Å². The smallest absolute Gasteiger partial charge is 0.337 e. The van der Waals surface area contributed by atoms with E-state index < -0.39 is 0 Å². The molecule has 1 heterocycles. The third kappa shape index (κ3) is 2.03. The van der Waals surface area contributed by atoms with Gasteiger partial charge in [0.15, 0.2) is 0 Å². The Bertz CT molecular complexity index is 773. The quantitative estimate of drug-likeness (QED) is 0.756. The average molecular weight is 307 g/mol. The number of ether oxygens (including phenoxy) is 1. The molecule has 1 aliphatic carbocycles. The SMILES string of the molecule is COC(=O)c1ccc2c(c1)C1(CCN(C)CC1)c1ccccc1-2. The van der Waals surface area contributed by atoms with E-state index in [4.69, 9.17) is 4.74 Å². The van der Waals surface area contributed by atoms with Crippen molar-refractivity contribution in [1.82, 2.24) is 4.90 Å². The third-order valence-corrected chi connectivity index (χ3v) is 5.53. The predicted octanol–water partition coefficient (Wildman–Crippen LogP) is 3.47. The fourth-order valence-electron chi connectivity index (χ4n) is 4.24. The molecular weight excluding hydrogens is 286 g/mol. The number of rotatable bonds is 1. The molecule has 0 amide bonds. The Morgan fingerprint density at radius 2 is 1.74 bits per heavy atom. The highest BCUT2D eigenvalue weighted by Gasteiger charge is 2.44. The zero-order valence-electron chi connectivity index (χ0n) is 13.6. The Kier molecular flexibility index (Phi) is 3.27. The van der Waals surface area contributed by atoms with Gasteiger partial charge in [0.1, 0.15) is 0 Å². The molecule has 2 aliphatic rings. The molecule has 0 saturated carbocycles. The van der Waals surface area contributed by atoms with Crippen molar-refractivity contribution in [2.24, 2.45) is 0 Å². The van der Waals surface area contributed by atoms with Crippen LogP contribution in [-0.4, -0.2) is 38.1 Å². The molecule has 1 fully saturated rings. The van der Waals surface area contributed by atoms with Crippen molar-refractivity contribution in [3.63, 3.8) is 0 Å². The van der Waals surface area contributed by atoms with Crippen LogP contribution in [0.25, 0.3) is 11.1 Å². The molecule has 1 aliphatic heterocycles. The molecule has 0 unspecified atom stereocenters. The molecule has 1 saturated heterocycles. The molecule has 0 aromatic heterocycles. The summed E-state index contributed by atoms with van der Waals surface area (Å²) in [6, 6.07) is 14.7. The minimum Gasteiger partial charge on any atom is -0.465 e. The average Bonchev–Trinajstić information content (AvgIpc) is 2.87. The summed E-state index contributed by atoms with van der Waals surface area (Å²) in [5.74, 6) is -0.258. The lowest BCUT2D eigenvalue weighted by atomic mass is 9.71. The van der Waals surface area contributed by atoms with Gasteiger partial charge in [0, 0.05) is 5.41 Å². The maximum Gasteiger partial charge on any atom is 0.337 e. The number of esters is 1. The summed E-state index contributed by atoms with van der Waals surface area (Å²) in [4.78, 5) is 14.4. The molecule has 2 aromatic rings. The number of carbonyl (C=O) groups excluding carboxylic acids is 1. The van der Waals surface area contributed by atoms with Crippen LogP contribution in [0.3, 0.4) is 0 Å². The lowest BCUT2D eigenvalue weighted by Crippen LogP contribution is -2.40. The van der Waals surface area contributed by atoms with Crippen molar-refractivity contribution in [2.75, 3.05) is 27.2 Å². The molecule has 23 heavy (non-hydrogen) atoms. The molecule has 0 bridgehead atoms. The van der Waals surface area contributed by atoms with Gasteiger partial charge in [0.25, 0.3) is 0 Å². The number of piperidine rings is 1. The van der Waals surface area contributed by atoms with Gasteiger partial charge in [-0.05, 0) is 67.4 Å². The molecule has 3 nitrogen and oxygen atoms in total. The molecule has 1 spiro atoms. The van der Waals surface area contributed by atoms with Crippen LogP contribution in [0, 0.1) is 0 Å². The van der Waals surface area contributed by atoms with Crippen molar-refractivity contribution in [3.8, 4) is 11.1 Å². The number of carbonyl (C=O) groups is 1. The van der Waals surface area contributed by atoms with Gasteiger partial charge in [0.05, 0.1) is 12.7 Å². The third-order valence-electron chi connectivity index (χ3n) is 5.53. The Labute approximate surface area is 136 Å². The Morgan fingerprint density at radius 3 is 2.48 bits per heavy atom. The molecule has 4 rings (SSSR count). The van der Waals surface area contributed by atoms with Gasteiger partial charge in [-0.1, -0.05) is 30.3 Å². The van der Waals surface area contributed by atoms with E-state index in [1.165, 1.54) is 29.4 Å². The van der Waals surface area contributed by atoms with Crippen LogP contribution in [-0.2, 0) is 10.2 Å². The lowest BCUT2D eigenvalue weighted by molar-refractivity contribution is 0.0600. The molecule has 118 valence electrons.